The quantitative estimate of drug-likeness (QED) is 0.261. The summed E-state index contributed by atoms with van der Waals surface area (Å²) in [4.78, 5) is 30.2. The molecule has 1 aliphatic rings. The Morgan fingerprint density at radius 1 is 1.03 bits per heavy atom. The summed E-state index contributed by atoms with van der Waals surface area (Å²) in [6.45, 7) is 2.06. The highest BCUT2D eigenvalue weighted by atomic mass is 35.5. The van der Waals surface area contributed by atoms with Gasteiger partial charge in [-0.15, -0.1) is 11.3 Å². The highest BCUT2D eigenvalue weighted by Crippen LogP contribution is 2.44. The Labute approximate surface area is 218 Å². The molecular formula is C29H24ClNO4S. The Balaban J connectivity index is 1.26. The zero-order chi connectivity index (χ0) is 25.2. The lowest BCUT2D eigenvalue weighted by molar-refractivity contribution is -0.151. The number of esters is 1. The van der Waals surface area contributed by atoms with Crippen LogP contribution in [0.1, 0.15) is 34.2 Å². The van der Waals surface area contributed by atoms with E-state index in [1.165, 1.54) is 11.3 Å². The maximum Gasteiger partial charge on any atom is 0.307 e. The topological polar surface area (TPSA) is 76.5 Å². The number of aliphatic carboxylic acids is 1. The Kier molecular flexibility index (Phi) is 6.90. The summed E-state index contributed by atoms with van der Waals surface area (Å²) in [5, 5.41) is 11.1. The summed E-state index contributed by atoms with van der Waals surface area (Å²) in [7, 11) is 0. The lowest BCUT2D eigenvalue weighted by Crippen LogP contribution is -2.22. The number of carbonyl (C=O) groups excluding carboxylic acids is 1. The highest BCUT2D eigenvalue weighted by Gasteiger charge is 2.30. The van der Waals surface area contributed by atoms with Crippen LogP contribution in [0.5, 0.6) is 0 Å². The number of carbonyl (C=O) groups is 2. The third-order valence-electron chi connectivity index (χ3n) is 6.48. The van der Waals surface area contributed by atoms with Gasteiger partial charge in [-0.25, -0.2) is 4.98 Å². The van der Waals surface area contributed by atoms with Gasteiger partial charge < -0.3 is 9.84 Å². The monoisotopic (exact) mass is 517 g/mol. The van der Waals surface area contributed by atoms with E-state index in [9.17, 15) is 14.7 Å². The molecule has 0 saturated carbocycles. The molecule has 5 rings (SSSR count). The van der Waals surface area contributed by atoms with Crippen molar-refractivity contribution in [1.82, 2.24) is 4.98 Å². The smallest absolute Gasteiger partial charge is 0.307 e. The van der Waals surface area contributed by atoms with Crippen LogP contribution in [0.25, 0.3) is 21.6 Å². The number of rotatable bonds is 8. The van der Waals surface area contributed by atoms with Crippen molar-refractivity contribution in [3.05, 3.63) is 99.6 Å². The number of carboxylic acid groups (broad SMARTS) is 1. The van der Waals surface area contributed by atoms with Crippen molar-refractivity contribution in [1.29, 1.82) is 0 Å². The molecule has 1 N–H and O–H groups in total. The van der Waals surface area contributed by atoms with E-state index < -0.39 is 17.9 Å². The lowest BCUT2D eigenvalue weighted by atomic mass is 9.98. The van der Waals surface area contributed by atoms with Crippen LogP contribution in [-0.2, 0) is 20.7 Å². The first-order valence-electron chi connectivity index (χ1n) is 11.7. The predicted molar refractivity (Wildman–Crippen MR) is 141 cm³/mol. The molecule has 0 saturated heterocycles. The lowest BCUT2D eigenvalue weighted by Gasteiger charge is -2.15. The molecule has 5 nitrogen and oxygen atoms in total. The number of aryl methyl sites for hydroxylation is 1. The van der Waals surface area contributed by atoms with Crippen LogP contribution in [0.2, 0.25) is 5.02 Å². The fourth-order valence-electron chi connectivity index (χ4n) is 4.77. The summed E-state index contributed by atoms with van der Waals surface area (Å²) in [6.07, 6.45) is -0.0535. The largest absolute Gasteiger partial charge is 0.481 e. The van der Waals surface area contributed by atoms with Gasteiger partial charge in [0, 0.05) is 17.4 Å². The van der Waals surface area contributed by atoms with Crippen LogP contribution in [0.4, 0.5) is 0 Å². The average molecular weight is 518 g/mol. The second-order valence-electron chi connectivity index (χ2n) is 8.89. The number of fused-ring (bicyclic) bond motifs is 3. The molecule has 0 bridgehead atoms. The van der Waals surface area contributed by atoms with Crippen molar-refractivity contribution >= 4 is 34.9 Å². The van der Waals surface area contributed by atoms with Gasteiger partial charge in [0.25, 0.3) is 0 Å². The molecule has 0 amide bonds. The molecule has 7 heteroatoms. The summed E-state index contributed by atoms with van der Waals surface area (Å²) < 4.78 is 5.64. The molecule has 182 valence electrons. The van der Waals surface area contributed by atoms with Crippen LogP contribution < -0.4 is 0 Å². The molecule has 0 radical (unpaired) electrons. The molecule has 1 heterocycles. The molecule has 1 aliphatic carbocycles. The molecular weight excluding hydrogens is 494 g/mol. The molecule has 4 aromatic rings. The van der Waals surface area contributed by atoms with Crippen LogP contribution in [0, 0.1) is 12.8 Å². The molecule has 0 spiro atoms. The maximum absolute atomic E-state index is 12.7. The zero-order valence-corrected chi connectivity index (χ0v) is 21.2. The van der Waals surface area contributed by atoms with Gasteiger partial charge in [-0.05, 0) is 46.9 Å². The summed E-state index contributed by atoms with van der Waals surface area (Å²) in [5.74, 6) is -2.54. The van der Waals surface area contributed by atoms with Crippen molar-refractivity contribution in [3.8, 4) is 21.6 Å². The van der Waals surface area contributed by atoms with Crippen molar-refractivity contribution in [2.24, 2.45) is 5.92 Å². The number of thiazole rings is 1. The van der Waals surface area contributed by atoms with Gasteiger partial charge in [-0.1, -0.05) is 72.3 Å². The van der Waals surface area contributed by atoms with E-state index in [-0.39, 0.29) is 25.4 Å². The maximum atomic E-state index is 12.7. The fourth-order valence-corrected chi connectivity index (χ4v) is 6.10. The Hall–Kier alpha value is -3.48. The molecule has 36 heavy (non-hydrogen) atoms. The molecule has 1 aromatic heterocycles. The number of ether oxygens (including phenoxy) is 1. The Morgan fingerprint density at radius 3 is 2.33 bits per heavy atom. The first kappa shape index (κ1) is 24.2. The first-order chi connectivity index (χ1) is 17.4. The summed E-state index contributed by atoms with van der Waals surface area (Å²) in [6, 6.07) is 23.7. The van der Waals surface area contributed by atoms with Gasteiger partial charge in [-0.3, -0.25) is 9.59 Å². The zero-order valence-electron chi connectivity index (χ0n) is 19.6. The van der Waals surface area contributed by atoms with Gasteiger partial charge in [-0.2, -0.15) is 0 Å². The van der Waals surface area contributed by atoms with Gasteiger partial charge in [0.15, 0.2) is 0 Å². The van der Waals surface area contributed by atoms with E-state index >= 15 is 0 Å². The first-order valence-corrected chi connectivity index (χ1v) is 12.9. The third kappa shape index (κ3) is 4.92. The number of carboxylic acids is 1. The fraction of sp³-hybridized carbons (Fsp3) is 0.207. The number of benzene rings is 3. The molecule has 0 aliphatic heterocycles. The van der Waals surface area contributed by atoms with Crippen LogP contribution in [0.3, 0.4) is 0 Å². The van der Waals surface area contributed by atoms with E-state index in [2.05, 4.69) is 29.2 Å². The minimum Gasteiger partial charge on any atom is -0.481 e. The minimum atomic E-state index is -1.04. The molecule has 3 aromatic carbocycles. The third-order valence-corrected chi connectivity index (χ3v) is 7.95. The highest BCUT2D eigenvalue weighted by molar-refractivity contribution is 7.15. The number of hydrogen-bond donors (Lipinski definition) is 1. The van der Waals surface area contributed by atoms with Crippen LogP contribution in [0.15, 0.2) is 72.8 Å². The van der Waals surface area contributed by atoms with Gasteiger partial charge in [0.2, 0.25) is 0 Å². The van der Waals surface area contributed by atoms with Crippen LogP contribution in [-0.4, -0.2) is 28.6 Å². The number of nitrogens with zero attached hydrogens (tertiary/aromatic N) is 1. The van der Waals surface area contributed by atoms with Crippen molar-refractivity contribution in [2.45, 2.75) is 25.7 Å². The van der Waals surface area contributed by atoms with Gasteiger partial charge in [0.1, 0.15) is 6.61 Å². The van der Waals surface area contributed by atoms with Gasteiger partial charge in [0.05, 0.1) is 27.9 Å². The van der Waals surface area contributed by atoms with Crippen molar-refractivity contribution < 1.29 is 19.4 Å². The second-order valence-corrected chi connectivity index (χ2v) is 10.4. The Bertz CT molecular complexity index is 1400. The Morgan fingerprint density at radius 2 is 1.69 bits per heavy atom. The number of aromatic nitrogens is 1. The summed E-state index contributed by atoms with van der Waals surface area (Å²) >= 11 is 7.55. The minimum absolute atomic E-state index is 0.0634. The van der Waals surface area contributed by atoms with E-state index in [1.54, 1.807) is 6.07 Å². The molecule has 1 atom stereocenters. The van der Waals surface area contributed by atoms with Crippen molar-refractivity contribution in [3.63, 3.8) is 0 Å². The van der Waals surface area contributed by atoms with E-state index in [0.717, 1.165) is 38.4 Å². The predicted octanol–water partition coefficient (Wildman–Crippen LogP) is 6.76. The van der Waals surface area contributed by atoms with E-state index in [4.69, 9.17) is 16.3 Å². The van der Waals surface area contributed by atoms with Crippen LogP contribution >= 0.6 is 22.9 Å². The van der Waals surface area contributed by atoms with E-state index in [1.807, 2.05) is 49.4 Å². The van der Waals surface area contributed by atoms with Crippen molar-refractivity contribution in [2.75, 3.05) is 6.61 Å². The number of halogens is 1. The average Bonchev–Trinajstić information content (AvgIpc) is 3.39. The molecule has 0 fully saturated rings. The van der Waals surface area contributed by atoms with Gasteiger partial charge >= 0.3 is 11.9 Å². The standard InChI is InChI=1S/C29H24ClNO4S/c1-17-28(18-7-6-8-20(30)13-18)36-26(31-17)14-19(29(33)34)15-27(32)35-16-25-23-11-4-2-9-21(23)22-10-3-5-12-24(22)25/h2-13,19,25H,14-16H2,1H3,(H,33,34)/t19-/m1/s1. The van der Waals surface area contributed by atoms with E-state index in [0.29, 0.717) is 10.0 Å². The number of hydrogen-bond acceptors (Lipinski definition) is 5. The summed E-state index contributed by atoms with van der Waals surface area (Å²) in [5.41, 5.74) is 6.27. The SMILES string of the molecule is Cc1nc(C[C@H](CC(=O)OCC2c3ccccc3-c3ccccc32)C(=O)O)sc1-c1cccc(Cl)c1. The second kappa shape index (κ2) is 10.2. The molecule has 0 unspecified atom stereocenters. The normalized spacial score (nSPS) is 13.2.